The lowest BCUT2D eigenvalue weighted by Gasteiger charge is -2.48. The Hall–Kier alpha value is -2.38. The van der Waals surface area contributed by atoms with Crippen molar-refractivity contribution >= 4 is 0 Å². The first-order valence-corrected chi connectivity index (χ1v) is 9.73. The molecule has 4 rings (SSSR count). The lowest BCUT2D eigenvalue weighted by molar-refractivity contribution is 0.0986. The molecule has 3 aromatic rings. The molecule has 1 atom stereocenters. The summed E-state index contributed by atoms with van der Waals surface area (Å²) in [6.45, 7) is 4.64. The van der Waals surface area contributed by atoms with Crippen molar-refractivity contribution in [3.05, 3.63) is 108 Å². The second-order valence-corrected chi connectivity index (χ2v) is 7.50. The van der Waals surface area contributed by atoms with Crippen molar-refractivity contribution in [2.45, 2.75) is 25.3 Å². The zero-order valence-electron chi connectivity index (χ0n) is 15.5. The normalized spacial score (nSPS) is 18.6. The molecular weight excluding hydrogens is 314 g/mol. The third-order valence-corrected chi connectivity index (χ3v) is 5.71. The van der Waals surface area contributed by atoms with Gasteiger partial charge in [0.1, 0.15) is 0 Å². The van der Waals surface area contributed by atoms with Crippen LogP contribution in [0.2, 0.25) is 0 Å². The molecule has 1 heterocycles. The maximum Gasteiger partial charge on any atom is 0.0973 e. The van der Waals surface area contributed by atoms with E-state index in [1.165, 1.54) is 29.5 Å². The molecule has 1 heteroatoms. The van der Waals surface area contributed by atoms with Gasteiger partial charge in [0.05, 0.1) is 5.54 Å². The second kappa shape index (κ2) is 7.47. The summed E-state index contributed by atoms with van der Waals surface area (Å²) in [5, 5.41) is 0. The zero-order valence-corrected chi connectivity index (χ0v) is 15.5. The SMILES string of the molecule is CC1CCCN(C(c2ccccc2)(c2ccccc2)c2ccccc2)C1. The highest BCUT2D eigenvalue weighted by Gasteiger charge is 2.43. The van der Waals surface area contributed by atoms with Crippen LogP contribution in [-0.4, -0.2) is 18.0 Å². The second-order valence-electron chi connectivity index (χ2n) is 7.50. The van der Waals surface area contributed by atoms with Gasteiger partial charge in [-0.25, -0.2) is 0 Å². The van der Waals surface area contributed by atoms with Crippen LogP contribution in [0.1, 0.15) is 36.5 Å². The number of piperidine rings is 1. The van der Waals surface area contributed by atoms with Gasteiger partial charge < -0.3 is 0 Å². The average Bonchev–Trinajstić information content (AvgIpc) is 2.71. The molecule has 0 aromatic heterocycles. The van der Waals surface area contributed by atoms with E-state index in [9.17, 15) is 0 Å². The monoisotopic (exact) mass is 341 g/mol. The topological polar surface area (TPSA) is 3.24 Å². The maximum atomic E-state index is 2.71. The minimum absolute atomic E-state index is 0.238. The minimum Gasteiger partial charge on any atom is -0.286 e. The van der Waals surface area contributed by atoms with Gasteiger partial charge in [-0.3, -0.25) is 4.90 Å². The van der Waals surface area contributed by atoms with Crippen molar-refractivity contribution in [3.8, 4) is 0 Å². The van der Waals surface area contributed by atoms with E-state index in [1.807, 2.05) is 0 Å². The van der Waals surface area contributed by atoms with Crippen molar-refractivity contribution in [3.63, 3.8) is 0 Å². The van der Waals surface area contributed by atoms with Crippen LogP contribution < -0.4 is 0 Å². The predicted octanol–water partition coefficient (Wildman–Crippen LogP) is 5.71. The molecule has 1 nitrogen and oxygen atoms in total. The fraction of sp³-hybridized carbons (Fsp3) is 0.280. The molecule has 0 radical (unpaired) electrons. The fourth-order valence-corrected chi connectivity index (χ4v) is 4.58. The summed E-state index contributed by atoms with van der Waals surface area (Å²) in [4.78, 5) is 2.71. The number of likely N-dealkylation sites (tertiary alicyclic amines) is 1. The van der Waals surface area contributed by atoms with Crippen LogP contribution in [0.25, 0.3) is 0 Å². The van der Waals surface area contributed by atoms with Crippen molar-refractivity contribution in [2.75, 3.05) is 13.1 Å². The van der Waals surface area contributed by atoms with E-state index >= 15 is 0 Å². The first kappa shape index (κ1) is 17.1. The summed E-state index contributed by atoms with van der Waals surface area (Å²) in [5.41, 5.74) is 3.82. The van der Waals surface area contributed by atoms with Crippen LogP contribution in [0.3, 0.4) is 0 Å². The summed E-state index contributed by atoms with van der Waals surface area (Å²) in [6, 6.07) is 33.1. The van der Waals surface area contributed by atoms with Gasteiger partial charge in [-0.1, -0.05) is 97.9 Å². The van der Waals surface area contributed by atoms with E-state index in [1.54, 1.807) is 0 Å². The van der Waals surface area contributed by atoms with Crippen molar-refractivity contribution in [2.24, 2.45) is 5.92 Å². The molecule has 0 aliphatic carbocycles. The average molecular weight is 341 g/mol. The van der Waals surface area contributed by atoms with Gasteiger partial charge in [-0.2, -0.15) is 0 Å². The number of rotatable bonds is 4. The van der Waals surface area contributed by atoms with Crippen LogP contribution in [0.15, 0.2) is 91.0 Å². The first-order valence-electron chi connectivity index (χ1n) is 9.73. The Morgan fingerprint density at radius 2 is 1.12 bits per heavy atom. The van der Waals surface area contributed by atoms with Gasteiger partial charge in [0.2, 0.25) is 0 Å². The standard InChI is InChI=1S/C25H27N/c1-21-12-11-19-26(20-21)25(22-13-5-2-6-14-22,23-15-7-3-8-16-23)24-17-9-4-10-18-24/h2-10,13-18,21H,11-12,19-20H2,1H3. The maximum absolute atomic E-state index is 2.71. The Bertz CT molecular complexity index is 714. The summed E-state index contributed by atoms with van der Waals surface area (Å²) >= 11 is 0. The fourth-order valence-electron chi connectivity index (χ4n) is 4.58. The molecule has 1 aliphatic rings. The van der Waals surface area contributed by atoms with Crippen LogP contribution in [0.5, 0.6) is 0 Å². The molecule has 1 fully saturated rings. The third kappa shape index (κ3) is 2.97. The smallest absolute Gasteiger partial charge is 0.0973 e. The van der Waals surface area contributed by atoms with Gasteiger partial charge in [-0.05, 0) is 42.0 Å². The van der Waals surface area contributed by atoms with Gasteiger partial charge in [0.25, 0.3) is 0 Å². The Morgan fingerprint density at radius 3 is 1.50 bits per heavy atom. The highest BCUT2D eigenvalue weighted by molar-refractivity contribution is 5.49. The largest absolute Gasteiger partial charge is 0.286 e. The molecule has 0 N–H and O–H groups in total. The molecule has 0 bridgehead atoms. The van der Waals surface area contributed by atoms with Gasteiger partial charge in [-0.15, -0.1) is 0 Å². The summed E-state index contributed by atoms with van der Waals surface area (Å²) in [5.74, 6) is 0.722. The lowest BCUT2D eigenvalue weighted by Crippen LogP contribution is -2.51. The number of nitrogens with zero attached hydrogens (tertiary/aromatic N) is 1. The van der Waals surface area contributed by atoms with Crippen LogP contribution in [0, 0.1) is 5.92 Å². The highest BCUT2D eigenvalue weighted by atomic mass is 15.2. The summed E-state index contributed by atoms with van der Waals surface area (Å²) in [7, 11) is 0. The van der Waals surface area contributed by atoms with E-state index in [0.717, 1.165) is 19.0 Å². The predicted molar refractivity (Wildman–Crippen MR) is 109 cm³/mol. The molecule has 1 aliphatic heterocycles. The minimum atomic E-state index is -0.238. The molecule has 1 unspecified atom stereocenters. The van der Waals surface area contributed by atoms with E-state index < -0.39 is 0 Å². The Labute approximate surface area is 157 Å². The molecule has 0 amide bonds. The van der Waals surface area contributed by atoms with Gasteiger partial charge in [0, 0.05) is 6.54 Å². The lowest BCUT2D eigenvalue weighted by atomic mass is 9.74. The molecule has 26 heavy (non-hydrogen) atoms. The quantitative estimate of drug-likeness (QED) is 0.549. The van der Waals surface area contributed by atoms with Crippen molar-refractivity contribution in [1.82, 2.24) is 4.90 Å². The van der Waals surface area contributed by atoms with Crippen molar-refractivity contribution < 1.29 is 0 Å². The highest BCUT2D eigenvalue weighted by Crippen LogP contribution is 2.44. The first-order chi connectivity index (χ1) is 12.8. The summed E-state index contributed by atoms with van der Waals surface area (Å²) in [6.07, 6.45) is 2.58. The van der Waals surface area contributed by atoms with Gasteiger partial charge >= 0.3 is 0 Å². The van der Waals surface area contributed by atoms with E-state index in [0.29, 0.717) is 0 Å². The molecule has 3 aromatic carbocycles. The molecule has 0 spiro atoms. The van der Waals surface area contributed by atoms with Crippen molar-refractivity contribution in [1.29, 1.82) is 0 Å². The Balaban J connectivity index is 2.00. The van der Waals surface area contributed by atoms with E-state index in [-0.39, 0.29) is 5.54 Å². The number of hydrogen-bond donors (Lipinski definition) is 0. The van der Waals surface area contributed by atoms with E-state index in [4.69, 9.17) is 0 Å². The summed E-state index contributed by atoms with van der Waals surface area (Å²) < 4.78 is 0. The van der Waals surface area contributed by atoms with Crippen LogP contribution in [-0.2, 0) is 5.54 Å². The zero-order chi connectivity index (χ0) is 17.8. The Kier molecular flexibility index (Phi) is 4.90. The third-order valence-electron chi connectivity index (χ3n) is 5.71. The van der Waals surface area contributed by atoms with Crippen LogP contribution >= 0.6 is 0 Å². The molecule has 132 valence electrons. The van der Waals surface area contributed by atoms with Gasteiger partial charge in [0.15, 0.2) is 0 Å². The van der Waals surface area contributed by atoms with E-state index in [2.05, 4.69) is 103 Å². The Morgan fingerprint density at radius 1 is 0.692 bits per heavy atom. The molecular formula is C25H27N. The number of benzene rings is 3. The molecule has 1 saturated heterocycles. The number of hydrogen-bond acceptors (Lipinski definition) is 1. The van der Waals surface area contributed by atoms with Crippen LogP contribution in [0.4, 0.5) is 0 Å². The molecule has 0 saturated carbocycles.